The van der Waals surface area contributed by atoms with Gasteiger partial charge in [-0.2, -0.15) is 0 Å². The SMILES string of the molecule is OCCOC1CCN(CC2CCC3(CCCCC3)O2)CC1. The van der Waals surface area contributed by atoms with Gasteiger partial charge in [-0.25, -0.2) is 0 Å². The van der Waals surface area contributed by atoms with Crippen LogP contribution in [0, 0.1) is 0 Å². The summed E-state index contributed by atoms with van der Waals surface area (Å²) in [5, 5.41) is 8.81. The molecular weight excluding hydrogens is 266 g/mol. The molecule has 0 aromatic carbocycles. The average Bonchev–Trinajstić information content (AvgIpc) is 2.89. The van der Waals surface area contributed by atoms with Gasteiger partial charge in [-0.1, -0.05) is 19.3 Å². The zero-order valence-corrected chi connectivity index (χ0v) is 13.3. The molecule has 0 aromatic heterocycles. The Kier molecular flexibility index (Phi) is 5.54. The maximum absolute atomic E-state index is 8.81. The van der Waals surface area contributed by atoms with E-state index < -0.39 is 0 Å². The minimum atomic E-state index is 0.137. The van der Waals surface area contributed by atoms with Gasteiger partial charge in [0.25, 0.3) is 0 Å². The van der Waals surface area contributed by atoms with E-state index in [2.05, 4.69) is 4.90 Å². The third-order valence-corrected chi connectivity index (χ3v) is 5.54. The molecule has 4 heteroatoms. The second-order valence-electron chi connectivity index (χ2n) is 7.12. The van der Waals surface area contributed by atoms with Gasteiger partial charge in [-0.05, 0) is 38.5 Å². The van der Waals surface area contributed by atoms with Crippen LogP contribution < -0.4 is 0 Å². The molecular formula is C17H31NO3. The van der Waals surface area contributed by atoms with E-state index in [9.17, 15) is 0 Å². The molecule has 1 saturated carbocycles. The van der Waals surface area contributed by atoms with Crippen molar-refractivity contribution in [3.8, 4) is 0 Å². The Morgan fingerprint density at radius 3 is 2.52 bits per heavy atom. The molecule has 1 unspecified atom stereocenters. The Balaban J connectivity index is 1.38. The van der Waals surface area contributed by atoms with Gasteiger partial charge in [-0.15, -0.1) is 0 Å². The third kappa shape index (κ3) is 4.19. The lowest BCUT2D eigenvalue weighted by Crippen LogP contribution is -2.42. The van der Waals surface area contributed by atoms with Gasteiger partial charge in [0.2, 0.25) is 0 Å². The zero-order chi connectivity index (χ0) is 14.5. The first-order valence-electron chi connectivity index (χ1n) is 8.92. The van der Waals surface area contributed by atoms with Crippen molar-refractivity contribution in [1.29, 1.82) is 0 Å². The summed E-state index contributed by atoms with van der Waals surface area (Å²) in [6.07, 6.45) is 12.2. The van der Waals surface area contributed by atoms with E-state index in [0.717, 1.165) is 32.5 Å². The topological polar surface area (TPSA) is 41.9 Å². The Hall–Kier alpha value is -0.160. The third-order valence-electron chi connectivity index (χ3n) is 5.54. The smallest absolute Gasteiger partial charge is 0.0710 e. The van der Waals surface area contributed by atoms with E-state index in [1.165, 1.54) is 44.9 Å². The summed E-state index contributed by atoms with van der Waals surface area (Å²) < 4.78 is 12.1. The van der Waals surface area contributed by atoms with E-state index in [1.54, 1.807) is 0 Å². The number of hydrogen-bond donors (Lipinski definition) is 1. The first kappa shape index (κ1) is 15.7. The fraction of sp³-hybridized carbons (Fsp3) is 1.00. The Labute approximate surface area is 128 Å². The van der Waals surface area contributed by atoms with Crippen LogP contribution >= 0.6 is 0 Å². The Morgan fingerprint density at radius 2 is 1.81 bits per heavy atom. The minimum absolute atomic E-state index is 0.137. The molecule has 1 atom stereocenters. The van der Waals surface area contributed by atoms with Crippen molar-refractivity contribution >= 4 is 0 Å². The summed E-state index contributed by atoms with van der Waals surface area (Å²) in [7, 11) is 0. The molecule has 0 aromatic rings. The molecule has 2 aliphatic heterocycles. The molecule has 4 nitrogen and oxygen atoms in total. The second kappa shape index (κ2) is 7.40. The molecule has 1 aliphatic carbocycles. The number of hydrogen-bond acceptors (Lipinski definition) is 4. The van der Waals surface area contributed by atoms with Crippen LogP contribution in [0.2, 0.25) is 0 Å². The van der Waals surface area contributed by atoms with Crippen LogP contribution in [0.4, 0.5) is 0 Å². The van der Waals surface area contributed by atoms with Crippen LogP contribution in [-0.2, 0) is 9.47 Å². The van der Waals surface area contributed by atoms with Crippen LogP contribution in [0.3, 0.4) is 0 Å². The highest BCUT2D eigenvalue weighted by Gasteiger charge is 2.41. The number of aliphatic hydroxyl groups is 1. The van der Waals surface area contributed by atoms with Crippen molar-refractivity contribution in [1.82, 2.24) is 4.90 Å². The van der Waals surface area contributed by atoms with Crippen LogP contribution in [0.15, 0.2) is 0 Å². The van der Waals surface area contributed by atoms with Crippen molar-refractivity contribution in [2.75, 3.05) is 32.8 Å². The molecule has 3 fully saturated rings. The largest absolute Gasteiger partial charge is 0.394 e. The fourth-order valence-corrected chi connectivity index (χ4v) is 4.35. The highest BCUT2D eigenvalue weighted by Crippen LogP contribution is 2.42. The van der Waals surface area contributed by atoms with Gasteiger partial charge in [0, 0.05) is 19.6 Å². The van der Waals surface area contributed by atoms with Gasteiger partial charge in [0.1, 0.15) is 0 Å². The molecule has 3 rings (SSSR count). The lowest BCUT2D eigenvalue weighted by atomic mass is 9.83. The lowest BCUT2D eigenvalue weighted by molar-refractivity contribution is -0.0775. The Bertz CT molecular complexity index is 309. The van der Waals surface area contributed by atoms with Gasteiger partial charge in [0.05, 0.1) is 31.0 Å². The monoisotopic (exact) mass is 297 g/mol. The predicted molar refractivity (Wildman–Crippen MR) is 82.4 cm³/mol. The number of likely N-dealkylation sites (tertiary alicyclic amines) is 1. The number of rotatable bonds is 5. The minimum Gasteiger partial charge on any atom is -0.394 e. The molecule has 2 heterocycles. The van der Waals surface area contributed by atoms with Gasteiger partial charge in [-0.3, -0.25) is 0 Å². The summed E-state index contributed by atoms with van der Waals surface area (Å²) >= 11 is 0. The molecule has 3 aliphatic rings. The lowest BCUT2D eigenvalue weighted by Gasteiger charge is -2.36. The number of aliphatic hydroxyl groups excluding tert-OH is 1. The van der Waals surface area contributed by atoms with Crippen LogP contribution in [0.1, 0.15) is 57.8 Å². The van der Waals surface area contributed by atoms with Gasteiger partial charge < -0.3 is 19.5 Å². The van der Waals surface area contributed by atoms with Gasteiger partial charge in [0.15, 0.2) is 0 Å². The summed E-state index contributed by atoms with van der Waals surface area (Å²) in [6.45, 7) is 3.96. The van der Waals surface area contributed by atoms with E-state index in [1.807, 2.05) is 0 Å². The molecule has 1 spiro atoms. The summed E-state index contributed by atoms with van der Waals surface area (Å²) in [5.74, 6) is 0. The van der Waals surface area contributed by atoms with Crippen molar-refractivity contribution in [3.05, 3.63) is 0 Å². The van der Waals surface area contributed by atoms with Crippen molar-refractivity contribution in [2.24, 2.45) is 0 Å². The predicted octanol–water partition coefficient (Wildman–Crippen LogP) is 2.34. The van der Waals surface area contributed by atoms with Gasteiger partial charge >= 0.3 is 0 Å². The van der Waals surface area contributed by atoms with Crippen molar-refractivity contribution < 1.29 is 14.6 Å². The maximum Gasteiger partial charge on any atom is 0.0710 e. The highest BCUT2D eigenvalue weighted by molar-refractivity contribution is 4.92. The van der Waals surface area contributed by atoms with Crippen LogP contribution in [-0.4, -0.2) is 60.7 Å². The van der Waals surface area contributed by atoms with Crippen molar-refractivity contribution in [2.45, 2.75) is 75.6 Å². The van der Waals surface area contributed by atoms with Crippen molar-refractivity contribution in [3.63, 3.8) is 0 Å². The Morgan fingerprint density at radius 1 is 1.05 bits per heavy atom. The quantitative estimate of drug-likeness (QED) is 0.846. The number of nitrogens with zero attached hydrogens (tertiary/aromatic N) is 1. The normalized spacial score (nSPS) is 31.0. The summed E-state index contributed by atoms with van der Waals surface area (Å²) in [5.41, 5.74) is 0.255. The summed E-state index contributed by atoms with van der Waals surface area (Å²) in [6, 6.07) is 0. The van der Waals surface area contributed by atoms with E-state index >= 15 is 0 Å². The first-order chi connectivity index (χ1) is 10.3. The molecule has 0 bridgehead atoms. The highest BCUT2D eigenvalue weighted by atomic mass is 16.5. The summed E-state index contributed by atoms with van der Waals surface area (Å²) in [4.78, 5) is 2.55. The standard InChI is InChI=1S/C17H31NO3/c19-12-13-20-15-5-10-18(11-6-15)14-16-4-9-17(21-16)7-2-1-3-8-17/h15-16,19H,1-14H2. The molecule has 1 N–H and O–H groups in total. The fourth-order valence-electron chi connectivity index (χ4n) is 4.35. The molecule has 0 radical (unpaired) electrons. The van der Waals surface area contributed by atoms with E-state index in [4.69, 9.17) is 14.6 Å². The van der Waals surface area contributed by atoms with E-state index in [0.29, 0.717) is 18.8 Å². The molecule has 21 heavy (non-hydrogen) atoms. The van der Waals surface area contributed by atoms with Crippen LogP contribution in [0.25, 0.3) is 0 Å². The number of piperidine rings is 1. The zero-order valence-electron chi connectivity index (χ0n) is 13.3. The molecule has 122 valence electrons. The average molecular weight is 297 g/mol. The molecule has 0 amide bonds. The van der Waals surface area contributed by atoms with Crippen LogP contribution in [0.5, 0.6) is 0 Å². The van der Waals surface area contributed by atoms with E-state index in [-0.39, 0.29) is 12.2 Å². The second-order valence-corrected chi connectivity index (χ2v) is 7.12. The molecule has 2 saturated heterocycles. The maximum atomic E-state index is 8.81. The first-order valence-corrected chi connectivity index (χ1v) is 8.92. The number of ether oxygens (including phenoxy) is 2.